The predicted octanol–water partition coefficient (Wildman–Crippen LogP) is 6.34. The lowest BCUT2D eigenvalue weighted by molar-refractivity contribution is -0.0403. The average molecular weight is 493 g/mol. The molecule has 2 saturated carbocycles. The second-order valence-corrected chi connectivity index (χ2v) is 10.2. The van der Waals surface area contributed by atoms with E-state index in [0.29, 0.717) is 11.8 Å². The summed E-state index contributed by atoms with van der Waals surface area (Å²) < 4.78 is 0. The zero-order chi connectivity index (χ0) is 19.7. The van der Waals surface area contributed by atoms with Gasteiger partial charge in [0, 0.05) is 21.2 Å². The van der Waals surface area contributed by atoms with Crippen LogP contribution in [0.2, 0.25) is 0 Å². The van der Waals surface area contributed by atoms with E-state index in [0.717, 1.165) is 49.7 Å². The number of aliphatic hydroxyl groups is 1. The number of allylic oxidation sites excluding steroid dienone is 6. The molecule has 0 spiro atoms. The number of fused-ring (bicyclic) bond motifs is 3. The molecule has 0 radical (unpaired) electrons. The molecule has 0 saturated heterocycles. The molecule has 3 rings (SSSR count). The summed E-state index contributed by atoms with van der Waals surface area (Å²) in [4.78, 5) is 0. The van der Waals surface area contributed by atoms with Crippen molar-refractivity contribution in [2.24, 2.45) is 22.7 Å². The van der Waals surface area contributed by atoms with Crippen molar-refractivity contribution in [1.29, 1.82) is 5.26 Å². The molecule has 0 aliphatic heterocycles. The van der Waals surface area contributed by atoms with Gasteiger partial charge in [-0.1, -0.05) is 45.3 Å². The van der Waals surface area contributed by atoms with Crippen molar-refractivity contribution in [2.75, 3.05) is 0 Å². The topological polar surface area (TPSA) is 44.0 Å². The standard InChI is InChI=1S/C23H28INOS/c1-4-5-6-17-13-21-22(3)9-8-20(26)16(2)19(22)7-10-23(21,11-12-27-24)14-18(17)15-25/h6,13-14,16,19-20,26H,4-5,7-10H2,1-3H3/b17-6+. The lowest BCUT2D eigenvalue weighted by Gasteiger charge is -2.57. The molecular weight excluding hydrogens is 465 g/mol. The Labute approximate surface area is 180 Å². The minimum Gasteiger partial charge on any atom is -0.393 e. The molecule has 2 nitrogen and oxygen atoms in total. The fourth-order valence-electron chi connectivity index (χ4n) is 5.54. The van der Waals surface area contributed by atoms with Crippen LogP contribution in [0.4, 0.5) is 0 Å². The lowest BCUT2D eigenvalue weighted by atomic mass is 9.47. The highest BCUT2D eigenvalue weighted by atomic mass is 127. The summed E-state index contributed by atoms with van der Waals surface area (Å²) in [5.41, 5.74) is 2.91. The van der Waals surface area contributed by atoms with Gasteiger partial charge in [0.05, 0.1) is 23.2 Å². The fraction of sp³-hybridized carbons (Fsp3) is 0.609. The highest BCUT2D eigenvalue weighted by molar-refractivity contribution is 14.2. The second kappa shape index (κ2) is 8.36. The van der Waals surface area contributed by atoms with Gasteiger partial charge in [-0.2, -0.15) is 5.26 Å². The van der Waals surface area contributed by atoms with Crippen LogP contribution in [0, 0.1) is 45.2 Å². The molecule has 4 heteroatoms. The van der Waals surface area contributed by atoms with Crippen molar-refractivity contribution in [3.63, 3.8) is 0 Å². The van der Waals surface area contributed by atoms with E-state index in [1.54, 1.807) is 0 Å². The molecule has 2 fully saturated rings. The number of rotatable bonds is 2. The van der Waals surface area contributed by atoms with Gasteiger partial charge in [-0.3, -0.25) is 0 Å². The molecule has 0 heterocycles. The fourth-order valence-corrected chi connectivity index (χ4v) is 6.09. The van der Waals surface area contributed by atoms with Gasteiger partial charge in [0.15, 0.2) is 0 Å². The Balaban J connectivity index is 2.16. The van der Waals surface area contributed by atoms with Gasteiger partial charge in [-0.15, -0.1) is 0 Å². The maximum absolute atomic E-state index is 10.5. The molecule has 5 atom stereocenters. The SMILES string of the molecule is CCC/C=C1\C=C2C(C#CSI)(C=C1C#N)CCC1C(C)C(O)CCC21C. The Hall–Kier alpha value is -0.690. The van der Waals surface area contributed by atoms with Crippen LogP contribution in [0.25, 0.3) is 0 Å². The largest absolute Gasteiger partial charge is 0.393 e. The number of hydrogen-bond donors (Lipinski definition) is 1. The van der Waals surface area contributed by atoms with Crippen LogP contribution < -0.4 is 0 Å². The van der Waals surface area contributed by atoms with E-state index < -0.39 is 0 Å². The average Bonchev–Trinajstić information content (AvgIpc) is 2.67. The van der Waals surface area contributed by atoms with E-state index in [4.69, 9.17) is 0 Å². The summed E-state index contributed by atoms with van der Waals surface area (Å²) >= 11 is 2.22. The first-order valence-electron chi connectivity index (χ1n) is 9.96. The first-order valence-corrected chi connectivity index (χ1v) is 13.3. The van der Waals surface area contributed by atoms with Crippen molar-refractivity contribution in [1.82, 2.24) is 0 Å². The number of hydrogen-bond acceptors (Lipinski definition) is 3. The molecule has 0 amide bonds. The van der Waals surface area contributed by atoms with Crippen LogP contribution in [0.15, 0.2) is 34.9 Å². The van der Waals surface area contributed by atoms with Crippen molar-refractivity contribution in [3.8, 4) is 17.2 Å². The number of halogens is 1. The highest BCUT2D eigenvalue weighted by Gasteiger charge is 2.55. The Kier molecular flexibility index (Phi) is 6.51. The van der Waals surface area contributed by atoms with Crippen molar-refractivity contribution < 1.29 is 5.11 Å². The maximum atomic E-state index is 10.5. The van der Waals surface area contributed by atoms with E-state index in [1.165, 1.54) is 14.5 Å². The van der Waals surface area contributed by atoms with E-state index in [1.807, 2.05) is 0 Å². The molecule has 0 aromatic carbocycles. The number of nitrogens with zero attached hydrogens (tertiary/aromatic N) is 1. The Morgan fingerprint density at radius 3 is 2.85 bits per heavy atom. The summed E-state index contributed by atoms with van der Waals surface area (Å²) in [7, 11) is 1.51. The van der Waals surface area contributed by atoms with Crippen molar-refractivity contribution >= 4 is 30.1 Å². The Morgan fingerprint density at radius 1 is 1.41 bits per heavy atom. The first kappa shape index (κ1) is 21.0. The van der Waals surface area contributed by atoms with Gasteiger partial charge >= 0.3 is 0 Å². The van der Waals surface area contributed by atoms with Crippen LogP contribution >= 0.6 is 30.1 Å². The second-order valence-electron chi connectivity index (χ2n) is 8.48. The first-order chi connectivity index (χ1) is 12.9. The number of nitriles is 1. The summed E-state index contributed by atoms with van der Waals surface area (Å²) in [6, 6.07) is 2.43. The van der Waals surface area contributed by atoms with E-state index >= 15 is 0 Å². The van der Waals surface area contributed by atoms with Crippen LogP contribution in [0.5, 0.6) is 0 Å². The lowest BCUT2D eigenvalue weighted by Crippen LogP contribution is -2.51. The predicted molar refractivity (Wildman–Crippen MR) is 122 cm³/mol. The molecule has 1 N–H and O–H groups in total. The molecule has 3 aliphatic carbocycles. The molecule has 0 bridgehead atoms. The van der Waals surface area contributed by atoms with E-state index in [-0.39, 0.29) is 16.9 Å². The van der Waals surface area contributed by atoms with Gasteiger partial charge in [0.2, 0.25) is 0 Å². The van der Waals surface area contributed by atoms with Crippen LogP contribution in [0.1, 0.15) is 59.3 Å². The minimum absolute atomic E-state index is 0.0321. The van der Waals surface area contributed by atoms with Crippen LogP contribution in [-0.4, -0.2) is 11.2 Å². The van der Waals surface area contributed by atoms with Crippen molar-refractivity contribution in [3.05, 3.63) is 34.9 Å². The summed E-state index contributed by atoms with van der Waals surface area (Å²) in [5.74, 6) is 4.31. The van der Waals surface area contributed by atoms with Gasteiger partial charge in [0.25, 0.3) is 0 Å². The third kappa shape index (κ3) is 3.66. The van der Waals surface area contributed by atoms with Gasteiger partial charge in [-0.25, -0.2) is 0 Å². The molecule has 27 heavy (non-hydrogen) atoms. The molecule has 5 unspecified atom stereocenters. The van der Waals surface area contributed by atoms with Crippen LogP contribution in [0.3, 0.4) is 0 Å². The monoisotopic (exact) mass is 493 g/mol. The third-order valence-electron chi connectivity index (χ3n) is 7.05. The molecule has 144 valence electrons. The number of unbranched alkanes of at least 4 members (excludes halogenated alkanes) is 1. The molecule has 0 aromatic rings. The smallest absolute Gasteiger partial charge is 0.0995 e. The zero-order valence-electron chi connectivity index (χ0n) is 16.4. The summed E-state index contributed by atoms with van der Waals surface area (Å²) in [6.07, 6.45) is 12.3. The van der Waals surface area contributed by atoms with Gasteiger partial charge in [0.1, 0.15) is 0 Å². The minimum atomic E-state index is -0.333. The van der Waals surface area contributed by atoms with Gasteiger partial charge < -0.3 is 5.11 Å². The Bertz CT molecular complexity index is 795. The number of aliphatic hydroxyl groups excluding tert-OH is 1. The summed E-state index contributed by atoms with van der Waals surface area (Å²) in [6.45, 7) is 6.75. The van der Waals surface area contributed by atoms with E-state index in [9.17, 15) is 10.4 Å². The zero-order valence-corrected chi connectivity index (χ0v) is 19.4. The van der Waals surface area contributed by atoms with Crippen LogP contribution in [-0.2, 0) is 0 Å². The third-order valence-corrected chi connectivity index (χ3v) is 7.89. The van der Waals surface area contributed by atoms with E-state index in [2.05, 4.69) is 77.4 Å². The summed E-state index contributed by atoms with van der Waals surface area (Å²) in [5, 5.41) is 23.5. The normalized spacial score (nSPS) is 39.3. The Morgan fingerprint density at radius 2 is 2.19 bits per heavy atom. The quantitative estimate of drug-likeness (QED) is 0.361. The van der Waals surface area contributed by atoms with Crippen molar-refractivity contribution in [2.45, 2.75) is 65.4 Å². The molecular formula is C23H28INOS. The van der Waals surface area contributed by atoms with Gasteiger partial charge in [-0.05, 0) is 80.8 Å². The molecule has 0 aromatic heterocycles. The maximum Gasteiger partial charge on any atom is 0.0995 e. The highest BCUT2D eigenvalue weighted by Crippen LogP contribution is 2.62. The molecule has 3 aliphatic rings.